The Balaban J connectivity index is 1.28. The van der Waals surface area contributed by atoms with Crippen LogP contribution in [0.1, 0.15) is 5.76 Å². The zero-order valence-corrected chi connectivity index (χ0v) is 19.0. The molecule has 1 amide bonds. The van der Waals surface area contributed by atoms with Crippen molar-refractivity contribution >= 4 is 28.9 Å². The Morgan fingerprint density at radius 3 is 2.06 bits per heavy atom. The Bertz CT molecular complexity index is 1530. The van der Waals surface area contributed by atoms with Gasteiger partial charge < -0.3 is 19.0 Å². The Morgan fingerprint density at radius 1 is 0.750 bits per heavy atom. The smallest absolute Gasteiger partial charge is 0.457 e. The topological polar surface area (TPSA) is 98.0 Å². The molecule has 0 aliphatic rings. The second-order valence-corrected chi connectivity index (χ2v) is 7.98. The first kappa shape index (κ1) is 22.7. The van der Waals surface area contributed by atoms with E-state index in [-0.39, 0.29) is 18.0 Å². The molecule has 36 heavy (non-hydrogen) atoms. The van der Waals surface area contributed by atoms with Gasteiger partial charge in [-0.15, -0.1) is 0 Å². The maximum Gasteiger partial charge on any atom is 0.511 e. The van der Waals surface area contributed by atoms with Crippen LogP contribution in [0.25, 0.3) is 33.2 Å². The van der Waals surface area contributed by atoms with Gasteiger partial charge >= 0.3 is 12.2 Å². The van der Waals surface area contributed by atoms with Crippen LogP contribution in [0, 0.1) is 0 Å². The van der Waals surface area contributed by atoms with Gasteiger partial charge in [0.2, 0.25) is 0 Å². The van der Waals surface area contributed by atoms with E-state index in [0.29, 0.717) is 11.3 Å². The largest absolute Gasteiger partial charge is 0.511 e. The quantitative estimate of drug-likeness (QED) is 0.192. The third-order valence-corrected chi connectivity index (χ3v) is 5.54. The first-order chi connectivity index (χ1) is 17.5. The summed E-state index contributed by atoms with van der Waals surface area (Å²) in [5, 5.41) is 12.6. The van der Waals surface area contributed by atoms with E-state index in [1.165, 1.54) is 0 Å². The van der Waals surface area contributed by atoms with Crippen molar-refractivity contribution in [2.75, 3.05) is 5.32 Å². The summed E-state index contributed by atoms with van der Waals surface area (Å²) in [5.41, 5.74) is 4.61. The van der Waals surface area contributed by atoms with Crippen molar-refractivity contribution in [1.82, 2.24) is 0 Å². The number of anilines is 1. The van der Waals surface area contributed by atoms with Crippen molar-refractivity contribution in [2.45, 2.75) is 6.61 Å². The summed E-state index contributed by atoms with van der Waals surface area (Å²) in [6.45, 7) is -0.0988. The molecule has 1 heterocycles. The van der Waals surface area contributed by atoms with Gasteiger partial charge in [0.15, 0.2) is 12.4 Å². The monoisotopic (exact) mass is 479 g/mol. The summed E-state index contributed by atoms with van der Waals surface area (Å²) >= 11 is 0. The van der Waals surface area contributed by atoms with Crippen LogP contribution in [-0.4, -0.2) is 17.4 Å². The summed E-state index contributed by atoms with van der Waals surface area (Å²) < 4.78 is 16.0. The molecule has 0 aliphatic carbocycles. The van der Waals surface area contributed by atoms with Gasteiger partial charge in [-0.1, -0.05) is 72.8 Å². The summed E-state index contributed by atoms with van der Waals surface area (Å²) in [7, 11) is 0. The van der Waals surface area contributed by atoms with Crippen LogP contribution >= 0.6 is 0 Å². The van der Waals surface area contributed by atoms with Crippen molar-refractivity contribution in [3.63, 3.8) is 0 Å². The van der Waals surface area contributed by atoms with Gasteiger partial charge in [-0.25, -0.2) is 9.59 Å². The molecule has 7 heteroatoms. The lowest BCUT2D eigenvalue weighted by Gasteiger charge is -2.12. The van der Waals surface area contributed by atoms with Gasteiger partial charge in [0.1, 0.15) is 11.3 Å². The maximum absolute atomic E-state index is 12.5. The molecule has 0 atom stereocenters. The fraction of sp³-hybridized carbons (Fsp3) is 0.0345. The lowest BCUT2D eigenvalue weighted by atomic mass is 10.0. The normalized spacial score (nSPS) is 10.7. The first-order valence-corrected chi connectivity index (χ1v) is 11.2. The zero-order chi connectivity index (χ0) is 24.9. The second kappa shape index (κ2) is 10.1. The molecule has 5 rings (SSSR count). The number of ether oxygens (including phenoxy) is 2. The molecular formula is C29H21NO6. The van der Waals surface area contributed by atoms with Gasteiger partial charge in [-0.05, 0) is 52.6 Å². The van der Waals surface area contributed by atoms with Crippen molar-refractivity contribution in [2.24, 2.45) is 0 Å². The predicted molar refractivity (Wildman–Crippen MR) is 136 cm³/mol. The molecule has 0 saturated carbocycles. The number of rotatable bonds is 6. The number of furan rings is 1. The Morgan fingerprint density at radius 2 is 1.39 bits per heavy atom. The average molecular weight is 479 g/mol. The van der Waals surface area contributed by atoms with E-state index in [4.69, 9.17) is 19.0 Å². The third-order valence-electron chi connectivity index (χ3n) is 5.54. The van der Waals surface area contributed by atoms with Gasteiger partial charge in [0.05, 0.1) is 5.69 Å². The average Bonchev–Trinajstić information content (AvgIpc) is 3.31. The lowest BCUT2D eigenvalue weighted by molar-refractivity contribution is 0.142. The van der Waals surface area contributed by atoms with E-state index in [1.807, 2.05) is 84.9 Å². The van der Waals surface area contributed by atoms with Crippen molar-refractivity contribution < 1.29 is 28.6 Å². The van der Waals surface area contributed by atoms with Gasteiger partial charge in [-0.3, -0.25) is 5.32 Å². The van der Waals surface area contributed by atoms with E-state index < -0.39 is 12.2 Å². The number of amides is 1. The summed E-state index contributed by atoms with van der Waals surface area (Å²) in [6.07, 6.45) is -2.27. The molecule has 0 bridgehead atoms. The minimum absolute atomic E-state index is 0.0158. The van der Waals surface area contributed by atoms with Crippen molar-refractivity contribution in [3.8, 4) is 28.0 Å². The van der Waals surface area contributed by atoms with Crippen LogP contribution in [-0.2, 0) is 11.3 Å². The lowest BCUT2D eigenvalue weighted by Crippen LogP contribution is -2.15. The van der Waals surface area contributed by atoms with Crippen LogP contribution in [0.5, 0.6) is 5.75 Å². The molecule has 4 aromatic carbocycles. The fourth-order valence-electron chi connectivity index (χ4n) is 3.88. The van der Waals surface area contributed by atoms with E-state index in [2.05, 4.69) is 5.32 Å². The van der Waals surface area contributed by atoms with Gasteiger partial charge in [-0.2, -0.15) is 0 Å². The molecule has 0 aliphatic heterocycles. The maximum atomic E-state index is 12.5. The number of carboxylic acid groups (broad SMARTS) is 1. The molecule has 0 unspecified atom stereocenters. The highest BCUT2D eigenvalue weighted by molar-refractivity contribution is 5.89. The predicted octanol–water partition coefficient (Wildman–Crippen LogP) is 7.57. The fourth-order valence-corrected chi connectivity index (χ4v) is 3.88. The molecule has 7 nitrogen and oxygen atoms in total. The molecule has 0 spiro atoms. The second-order valence-electron chi connectivity index (χ2n) is 7.98. The number of fused-ring (bicyclic) bond motifs is 1. The molecule has 5 aromatic rings. The number of carbonyl (C=O) groups excluding carboxylic acids is 1. The first-order valence-electron chi connectivity index (χ1n) is 11.2. The number of benzene rings is 4. The molecule has 0 fully saturated rings. The number of hydrogen-bond donors (Lipinski definition) is 2. The van der Waals surface area contributed by atoms with Gasteiger partial charge in [0, 0.05) is 5.39 Å². The number of hydrogen-bond acceptors (Lipinski definition) is 5. The SMILES string of the molecule is O=C(O)Oc1cc(-c2ccccc2)ccc1NC(=O)OCc1cc2cc(-c3ccccc3)ccc2o1. The van der Waals surface area contributed by atoms with E-state index in [0.717, 1.165) is 27.6 Å². The summed E-state index contributed by atoms with van der Waals surface area (Å²) in [5.74, 6) is 0.463. The summed E-state index contributed by atoms with van der Waals surface area (Å²) in [4.78, 5) is 23.6. The molecule has 2 N–H and O–H groups in total. The highest BCUT2D eigenvalue weighted by Crippen LogP contribution is 2.32. The van der Waals surface area contributed by atoms with Crippen LogP contribution in [0.2, 0.25) is 0 Å². The minimum atomic E-state index is -1.49. The Labute approximate surface area is 206 Å². The van der Waals surface area contributed by atoms with Crippen LogP contribution in [0.3, 0.4) is 0 Å². The Kier molecular flexibility index (Phi) is 6.36. The summed E-state index contributed by atoms with van der Waals surface area (Å²) in [6, 6.07) is 31.9. The molecule has 0 saturated heterocycles. The highest BCUT2D eigenvalue weighted by atomic mass is 16.7. The van der Waals surface area contributed by atoms with E-state index >= 15 is 0 Å². The van der Waals surface area contributed by atoms with Crippen LogP contribution in [0.4, 0.5) is 15.3 Å². The van der Waals surface area contributed by atoms with Crippen molar-refractivity contribution in [1.29, 1.82) is 0 Å². The number of carbonyl (C=O) groups is 2. The molecule has 1 aromatic heterocycles. The van der Waals surface area contributed by atoms with E-state index in [1.54, 1.807) is 18.2 Å². The molecular weight excluding hydrogens is 458 g/mol. The zero-order valence-electron chi connectivity index (χ0n) is 19.0. The van der Waals surface area contributed by atoms with Crippen molar-refractivity contribution in [3.05, 3.63) is 109 Å². The molecule has 178 valence electrons. The van der Waals surface area contributed by atoms with Crippen LogP contribution < -0.4 is 10.1 Å². The standard InChI is InChI=1S/C29H21NO6/c31-28(30-25-13-11-22(17-27(25)36-29(32)33)20-9-5-2-6-10-20)34-18-24-16-23-15-21(12-14-26(23)35-24)19-7-3-1-4-8-19/h1-17H,18H2,(H,30,31)(H,32,33). The minimum Gasteiger partial charge on any atom is -0.457 e. The third kappa shape index (κ3) is 5.20. The molecule has 0 radical (unpaired) electrons. The van der Waals surface area contributed by atoms with Gasteiger partial charge in [0.25, 0.3) is 0 Å². The number of nitrogens with one attached hydrogen (secondary N) is 1. The Hall–Kier alpha value is -5.04. The highest BCUT2D eigenvalue weighted by Gasteiger charge is 2.15. The van der Waals surface area contributed by atoms with E-state index in [9.17, 15) is 9.59 Å². The van der Waals surface area contributed by atoms with Crippen LogP contribution in [0.15, 0.2) is 108 Å².